The highest BCUT2D eigenvalue weighted by molar-refractivity contribution is 6.24. The molecule has 0 atom stereocenters. The van der Waals surface area contributed by atoms with Crippen molar-refractivity contribution in [2.45, 2.75) is 0 Å². The lowest BCUT2D eigenvalue weighted by Gasteiger charge is -2.13. The van der Waals surface area contributed by atoms with Crippen LogP contribution in [-0.4, -0.2) is 7.11 Å². The fourth-order valence-corrected chi connectivity index (χ4v) is 2.82. The summed E-state index contributed by atoms with van der Waals surface area (Å²) < 4.78 is 5.51. The van der Waals surface area contributed by atoms with Gasteiger partial charge in [0.1, 0.15) is 5.75 Å². The van der Waals surface area contributed by atoms with Crippen LogP contribution in [0.4, 0.5) is 0 Å². The lowest BCUT2D eigenvalue weighted by molar-refractivity contribution is 0.420. The van der Waals surface area contributed by atoms with Crippen molar-refractivity contribution in [2.75, 3.05) is 7.11 Å². The summed E-state index contributed by atoms with van der Waals surface area (Å²) in [5.74, 6) is 0.919. The van der Waals surface area contributed by atoms with Crippen LogP contribution in [0.5, 0.6) is 5.75 Å². The van der Waals surface area contributed by atoms with Gasteiger partial charge in [-0.05, 0) is 45.8 Å². The highest BCUT2D eigenvalue weighted by Gasteiger charge is 2.11. The zero-order valence-corrected chi connectivity index (χ0v) is 10.0. The Morgan fingerprint density at radius 2 is 1.72 bits per heavy atom. The number of hydrogen-bond acceptors (Lipinski definition) is 1. The first-order valence-corrected chi connectivity index (χ1v) is 6.00. The van der Waals surface area contributed by atoms with Crippen molar-refractivity contribution >= 4 is 32.3 Å². The summed E-state index contributed by atoms with van der Waals surface area (Å²) in [5, 5.41) is 7.46. The molecule has 4 aromatic rings. The van der Waals surface area contributed by atoms with Crippen LogP contribution in [0.2, 0.25) is 0 Å². The molecule has 0 saturated heterocycles. The first-order chi connectivity index (χ1) is 8.88. The van der Waals surface area contributed by atoms with E-state index in [1.54, 1.807) is 7.11 Å². The molecule has 4 rings (SSSR count). The van der Waals surface area contributed by atoms with Gasteiger partial charge in [0.15, 0.2) is 0 Å². The molecule has 0 amide bonds. The Balaban J connectivity index is 2.43. The average molecular weight is 231 g/mol. The van der Waals surface area contributed by atoms with Crippen LogP contribution in [0, 0.1) is 6.07 Å². The Labute approximate surface area is 105 Å². The monoisotopic (exact) mass is 231 g/mol. The van der Waals surface area contributed by atoms with E-state index in [9.17, 15) is 0 Å². The standard InChI is InChI=1S/C17H11O/c1-18-15-10-13-6-2-4-11-8-9-12-5-3-7-14(15)17(12)16(11)13/h2,4-10H,1H3. The molecule has 4 aromatic carbocycles. The fraction of sp³-hybridized carbons (Fsp3) is 0.0588. The maximum absolute atomic E-state index is 5.51. The van der Waals surface area contributed by atoms with Crippen LogP contribution in [0.25, 0.3) is 32.3 Å². The molecule has 0 unspecified atom stereocenters. The van der Waals surface area contributed by atoms with Crippen molar-refractivity contribution in [3.05, 3.63) is 54.6 Å². The van der Waals surface area contributed by atoms with Crippen molar-refractivity contribution in [3.63, 3.8) is 0 Å². The summed E-state index contributed by atoms with van der Waals surface area (Å²) in [6, 6.07) is 20.1. The normalized spacial score (nSPS) is 11.6. The van der Waals surface area contributed by atoms with E-state index in [0.717, 1.165) is 11.1 Å². The van der Waals surface area contributed by atoms with Gasteiger partial charge in [-0.25, -0.2) is 0 Å². The van der Waals surface area contributed by atoms with Crippen LogP contribution in [-0.2, 0) is 0 Å². The third kappa shape index (κ3) is 1.11. The predicted molar refractivity (Wildman–Crippen MR) is 75.5 cm³/mol. The lowest BCUT2D eigenvalue weighted by atomic mass is 9.94. The fourth-order valence-electron chi connectivity index (χ4n) is 2.82. The van der Waals surface area contributed by atoms with Gasteiger partial charge in [-0.15, -0.1) is 0 Å². The lowest BCUT2D eigenvalue weighted by Crippen LogP contribution is -1.89. The van der Waals surface area contributed by atoms with E-state index in [0.29, 0.717) is 0 Å². The largest absolute Gasteiger partial charge is 0.496 e. The van der Waals surface area contributed by atoms with Gasteiger partial charge >= 0.3 is 0 Å². The second-order valence-electron chi connectivity index (χ2n) is 4.56. The molecule has 0 heterocycles. The number of hydrogen-bond donors (Lipinski definition) is 0. The van der Waals surface area contributed by atoms with E-state index < -0.39 is 0 Å². The highest BCUT2D eigenvalue weighted by atomic mass is 16.5. The Morgan fingerprint density at radius 3 is 2.61 bits per heavy atom. The molecule has 0 saturated carbocycles. The molecule has 0 aliphatic carbocycles. The van der Waals surface area contributed by atoms with E-state index in [1.165, 1.54) is 26.9 Å². The van der Waals surface area contributed by atoms with Crippen molar-refractivity contribution in [1.82, 2.24) is 0 Å². The van der Waals surface area contributed by atoms with Crippen LogP contribution >= 0.6 is 0 Å². The Bertz CT molecular complexity index is 861. The summed E-state index contributed by atoms with van der Waals surface area (Å²) in [6.07, 6.45) is 0. The maximum atomic E-state index is 5.51. The molecule has 0 spiro atoms. The Hall–Kier alpha value is -2.28. The van der Waals surface area contributed by atoms with Crippen LogP contribution in [0.3, 0.4) is 0 Å². The summed E-state index contributed by atoms with van der Waals surface area (Å²) in [4.78, 5) is 0. The zero-order valence-electron chi connectivity index (χ0n) is 10.0. The summed E-state index contributed by atoms with van der Waals surface area (Å²) >= 11 is 0. The van der Waals surface area contributed by atoms with Gasteiger partial charge in [-0.2, -0.15) is 0 Å². The second-order valence-corrected chi connectivity index (χ2v) is 4.56. The van der Waals surface area contributed by atoms with Gasteiger partial charge in [-0.1, -0.05) is 30.3 Å². The predicted octanol–water partition coefficient (Wildman–Crippen LogP) is 4.39. The van der Waals surface area contributed by atoms with E-state index in [2.05, 4.69) is 42.5 Å². The Kier molecular flexibility index (Phi) is 1.81. The molecule has 0 N–H and O–H groups in total. The van der Waals surface area contributed by atoms with Gasteiger partial charge in [0.05, 0.1) is 7.11 Å². The van der Waals surface area contributed by atoms with E-state index >= 15 is 0 Å². The first kappa shape index (κ1) is 9.72. The molecule has 18 heavy (non-hydrogen) atoms. The SMILES string of the molecule is COc1cc2cccc3ccc4c[c]cc1c4c32. The van der Waals surface area contributed by atoms with Gasteiger partial charge < -0.3 is 4.74 Å². The molecule has 1 heteroatoms. The zero-order chi connectivity index (χ0) is 12.1. The van der Waals surface area contributed by atoms with Crippen LogP contribution in [0.15, 0.2) is 48.5 Å². The average Bonchev–Trinajstić information content (AvgIpc) is 2.44. The number of rotatable bonds is 1. The molecular formula is C17H11O. The van der Waals surface area contributed by atoms with Gasteiger partial charge in [0.25, 0.3) is 0 Å². The molecule has 1 nitrogen and oxygen atoms in total. The van der Waals surface area contributed by atoms with E-state index in [-0.39, 0.29) is 0 Å². The molecule has 1 radical (unpaired) electrons. The second kappa shape index (κ2) is 3.36. The first-order valence-electron chi connectivity index (χ1n) is 6.00. The topological polar surface area (TPSA) is 9.23 Å². The third-order valence-corrected chi connectivity index (χ3v) is 3.62. The third-order valence-electron chi connectivity index (χ3n) is 3.62. The van der Waals surface area contributed by atoms with E-state index in [1.807, 2.05) is 12.1 Å². The minimum atomic E-state index is 0.919. The molecule has 0 aromatic heterocycles. The smallest absolute Gasteiger partial charge is 0.127 e. The van der Waals surface area contributed by atoms with E-state index in [4.69, 9.17) is 4.74 Å². The van der Waals surface area contributed by atoms with Gasteiger partial charge in [0, 0.05) is 10.8 Å². The van der Waals surface area contributed by atoms with Crippen molar-refractivity contribution in [2.24, 2.45) is 0 Å². The maximum Gasteiger partial charge on any atom is 0.127 e. The molecule has 0 bridgehead atoms. The minimum Gasteiger partial charge on any atom is -0.496 e. The van der Waals surface area contributed by atoms with Crippen molar-refractivity contribution < 1.29 is 4.74 Å². The van der Waals surface area contributed by atoms with Gasteiger partial charge in [0.2, 0.25) is 0 Å². The number of ether oxygens (including phenoxy) is 1. The molecule has 0 fully saturated rings. The molecular weight excluding hydrogens is 220 g/mol. The Morgan fingerprint density at radius 1 is 0.889 bits per heavy atom. The van der Waals surface area contributed by atoms with Crippen molar-refractivity contribution in [1.29, 1.82) is 0 Å². The van der Waals surface area contributed by atoms with Crippen molar-refractivity contribution in [3.8, 4) is 5.75 Å². The summed E-state index contributed by atoms with van der Waals surface area (Å²) in [5.41, 5.74) is 0. The summed E-state index contributed by atoms with van der Waals surface area (Å²) in [7, 11) is 1.72. The van der Waals surface area contributed by atoms with Gasteiger partial charge in [-0.3, -0.25) is 0 Å². The van der Waals surface area contributed by atoms with Crippen LogP contribution < -0.4 is 4.74 Å². The minimum absolute atomic E-state index is 0.919. The highest BCUT2D eigenvalue weighted by Crippen LogP contribution is 2.39. The van der Waals surface area contributed by atoms with Crippen LogP contribution in [0.1, 0.15) is 0 Å². The quantitative estimate of drug-likeness (QED) is 0.441. The molecule has 85 valence electrons. The number of benzene rings is 4. The summed E-state index contributed by atoms with van der Waals surface area (Å²) in [6.45, 7) is 0. The molecule has 0 aliphatic heterocycles. The number of methoxy groups -OCH3 is 1. The molecule has 0 aliphatic rings.